The maximum absolute atomic E-state index is 13.0. The fraction of sp³-hybridized carbons (Fsp3) is 0.389. The van der Waals surface area contributed by atoms with E-state index in [2.05, 4.69) is 27.0 Å². The highest BCUT2D eigenvalue weighted by atomic mass is 16.2. The number of hydrogen-bond donors (Lipinski definition) is 1. The highest BCUT2D eigenvalue weighted by Crippen LogP contribution is 2.26. The van der Waals surface area contributed by atoms with Gasteiger partial charge in [-0.1, -0.05) is 0 Å². The zero-order chi connectivity index (χ0) is 17.4. The van der Waals surface area contributed by atoms with E-state index in [1.807, 2.05) is 34.6 Å². The molecule has 1 aromatic carbocycles. The summed E-state index contributed by atoms with van der Waals surface area (Å²) in [6.45, 7) is 4.97. The van der Waals surface area contributed by atoms with E-state index in [4.69, 9.17) is 5.73 Å². The van der Waals surface area contributed by atoms with Crippen LogP contribution in [0, 0.1) is 0 Å². The van der Waals surface area contributed by atoms with Crippen molar-refractivity contribution in [3.05, 3.63) is 48.2 Å². The lowest BCUT2D eigenvalue weighted by Gasteiger charge is -2.33. The maximum atomic E-state index is 13.0. The fourth-order valence-corrected chi connectivity index (χ4v) is 3.54. The smallest absolute Gasteiger partial charge is 0.254 e. The van der Waals surface area contributed by atoms with Gasteiger partial charge in [0, 0.05) is 42.3 Å². The lowest BCUT2D eigenvalue weighted by Crippen LogP contribution is -2.41. The van der Waals surface area contributed by atoms with Gasteiger partial charge in [-0.15, -0.1) is 10.2 Å². The Kier molecular flexibility index (Phi) is 4.01. The summed E-state index contributed by atoms with van der Waals surface area (Å²) in [6, 6.07) is 7.89. The Balaban J connectivity index is 1.60. The van der Waals surface area contributed by atoms with Crippen molar-refractivity contribution < 1.29 is 4.79 Å². The largest absolute Gasteiger partial charge is 0.347 e. The maximum Gasteiger partial charge on any atom is 0.254 e. The van der Waals surface area contributed by atoms with Crippen LogP contribution >= 0.6 is 0 Å². The minimum Gasteiger partial charge on any atom is -0.347 e. The van der Waals surface area contributed by atoms with Gasteiger partial charge in [-0.2, -0.15) is 0 Å². The summed E-state index contributed by atoms with van der Waals surface area (Å²) in [5.41, 5.74) is 7.45. The first-order valence-electron chi connectivity index (χ1n) is 8.66. The van der Waals surface area contributed by atoms with Crippen LogP contribution < -0.4 is 5.73 Å². The van der Waals surface area contributed by atoms with E-state index in [1.54, 1.807) is 6.33 Å². The lowest BCUT2D eigenvalue weighted by atomic mass is 10.1. The molecule has 130 valence electrons. The van der Waals surface area contributed by atoms with Crippen LogP contribution in [-0.4, -0.2) is 43.2 Å². The Labute approximate surface area is 146 Å². The van der Waals surface area contributed by atoms with Crippen molar-refractivity contribution in [1.82, 2.24) is 24.2 Å². The summed E-state index contributed by atoms with van der Waals surface area (Å²) < 4.78 is 4.19. The fourth-order valence-electron chi connectivity index (χ4n) is 3.54. The SMILES string of the molecule is CC1c2nncn2CCN1C(=O)c1ccc2c(ccn2CCCN)c1. The molecule has 3 aromatic rings. The third-order valence-electron chi connectivity index (χ3n) is 4.95. The summed E-state index contributed by atoms with van der Waals surface area (Å²) >= 11 is 0. The van der Waals surface area contributed by atoms with Crippen LogP contribution in [0.4, 0.5) is 0 Å². The standard InChI is InChI=1S/C18H22N6O/c1-13-17-21-20-12-23(17)9-10-24(13)18(25)15-3-4-16-14(11-15)5-8-22(16)7-2-6-19/h3-5,8,11-13H,2,6-7,9-10,19H2,1H3. The topological polar surface area (TPSA) is 82.0 Å². The molecule has 0 radical (unpaired) electrons. The molecule has 2 aromatic heterocycles. The molecule has 1 unspecified atom stereocenters. The van der Waals surface area contributed by atoms with E-state index in [1.165, 1.54) is 0 Å². The predicted molar refractivity (Wildman–Crippen MR) is 95.1 cm³/mol. The Morgan fingerprint density at radius 1 is 1.32 bits per heavy atom. The zero-order valence-electron chi connectivity index (χ0n) is 14.3. The summed E-state index contributed by atoms with van der Waals surface area (Å²) in [5.74, 6) is 0.881. The number of amides is 1. The van der Waals surface area contributed by atoms with Crippen molar-refractivity contribution >= 4 is 16.8 Å². The van der Waals surface area contributed by atoms with Crippen molar-refractivity contribution in [2.24, 2.45) is 5.73 Å². The van der Waals surface area contributed by atoms with Crippen molar-refractivity contribution in [2.45, 2.75) is 32.5 Å². The number of carbonyl (C=O) groups excluding carboxylic acids is 1. The van der Waals surface area contributed by atoms with Gasteiger partial charge < -0.3 is 19.8 Å². The number of aryl methyl sites for hydroxylation is 1. The highest BCUT2D eigenvalue weighted by Gasteiger charge is 2.30. The molecule has 0 bridgehead atoms. The number of benzene rings is 1. The number of nitrogens with two attached hydrogens (primary N) is 1. The van der Waals surface area contributed by atoms with Crippen LogP contribution in [0.2, 0.25) is 0 Å². The predicted octanol–water partition coefficient (Wildman–Crippen LogP) is 1.80. The average Bonchev–Trinajstić information content (AvgIpc) is 3.26. The van der Waals surface area contributed by atoms with Crippen LogP contribution in [0.1, 0.15) is 35.6 Å². The van der Waals surface area contributed by atoms with Crippen molar-refractivity contribution in [3.63, 3.8) is 0 Å². The van der Waals surface area contributed by atoms with Gasteiger partial charge in [-0.05, 0) is 44.2 Å². The minimum absolute atomic E-state index is 0.0401. The van der Waals surface area contributed by atoms with E-state index < -0.39 is 0 Å². The summed E-state index contributed by atoms with van der Waals surface area (Å²) in [6.07, 6.45) is 4.72. The first-order valence-corrected chi connectivity index (χ1v) is 8.66. The molecule has 3 heterocycles. The van der Waals surface area contributed by atoms with Gasteiger partial charge in [0.2, 0.25) is 0 Å². The quantitative estimate of drug-likeness (QED) is 0.786. The highest BCUT2D eigenvalue weighted by molar-refractivity contribution is 5.98. The number of carbonyl (C=O) groups is 1. The number of nitrogens with zero attached hydrogens (tertiary/aromatic N) is 5. The first kappa shape index (κ1) is 15.8. The molecular weight excluding hydrogens is 316 g/mol. The van der Waals surface area contributed by atoms with Gasteiger partial charge in [0.25, 0.3) is 5.91 Å². The summed E-state index contributed by atoms with van der Waals surface area (Å²) in [5, 5.41) is 9.18. The Bertz CT molecular complexity index is 911. The van der Waals surface area contributed by atoms with Gasteiger partial charge in [-0.25, -0.2) is 0 Å². The van der Waals surface area contributed by atoms with Crippen LogP contribution in [0.25, 0.3) is 10.9 Å². The van der Waals surface area contributed by atoms with E-state index in [9.17, 15) is 4.79 Å². The molecule has 0 saturated carbocycles. The Morgan fingerprint density at radius 3 is 3.04 bits per heavy atom. The number of fused-ring (bicyclic) bond motifs is 2. The number of rotatable bonds is 4. The normalized spacial score (nSPS) is 17.0. The third kappa shape index (κ3) is 2.70. The van der Waals surface area contributed by atoms with Gasteiger partial charge in [0.05, 0.1) is 6.04 Å². The van der Waals surface area contributed by atoms with Crippen molar-refractivity contribution in [2.75, 3.05) is 13.1 Å². The molecule has 1 aliphatic heterocycles. The van der Waals surface area contributed by atoms with Gasteiger partial charge in [0.15, 0.2) is 5.82 Å². The summed E-state index contributed by atoms with van der Waals surface area (Å²) in [4.78, 5) is 14.9. The first-order chi connectivity index (χ1) is 12.2. The molecule has 25 heavy (non-hydrogen) atoms. The van der Waals surface area contributed by atoms with Crippen LogP contribution in [0.15, 0.2) is 36.8 Å². The molecule has 7 heteroatoms. The van der Waals surface area contributed by atoms with Crippen molar-refractivity contribution in [3.8, 4) is 0 Å². The monoisotopic (exact) mass is 338 g/mol. The molecule has 0 aliphatic carbocycles. The second-order valence-electron chi connectivity index (χ2n) is 6.48. The van der Waals surface area contributed by atoms with Gasteiger partial charge in [0.1, 0.15) is 6.33 Å². The molecule has 0 spiro atoms. The number of aromatic nitrogens is 4. The zero-order valence-corrected chi connectivity index (χ0v) is 14.3. The molecule has 1 amide bonds. The minimum atomic E-state index is -0.0754. The Morgan fingerprint density at radius 2 is 2.20 bits per heavy atom. The third-order valence-corrected chi connectivity index (χ3v) is 4.95. The molecule has 4 rings (SSSR count). The molecule has 1 atom stereocenters. The molecule has 0 fully saturated rings. The Hall–Kier alpha value is -2.67. The van der Waals surface area contributed by atoms with Crippen LogP contribution in [0.3, 0.4) is 0 Å². The van der Waals surface area contributed by atoms with E-state index in [0.29, 0.717) is 18.7 Å². The second kappa shape index (κ2) is 6.33. The van der Waals surface area contributed by atoms with E-state index >= 15 is 0 Å². The molecular formula is C18H22N6O. The van der Waals surface area contributed by atoms with Crippen molar-refractivity contribution in [1.29, 1.82) is 0 Å². The van der Waals surface area contributed by atoms with Gasteiger partial charge in [-0.3, -0.25) is 4.79 Å². The average molecular weight is 338 g/mol. The summed E-state index contributed by atoms with van der Waals surface area (Å²) in [7, 11) is 0. The van der Waals surface area contributed by atoms with Crippen LogP contribution in [0.5, 0.6) is 0 Å². The molecule has 7 nitrogen and oxygen atoms in total. The lowest BCUT2D eigenvalue weighted by molar-refractivity contribution is 0.0638. The molecule has 1 aliphatic rings. The molecule has 0 saturated heterocycles. The number of hydrogen-bond acceptors (Lipinski definition) is 4. The van der Waals surface area contributed by atoms with E-state index in [0.717, 1.165) is 36.2 Å². The molecule has 2 N–H and O–H groups in total. The van der Waals surface area contributed by atoms with Gasteiger partial charge >= 0.3 is 0 Å². The van der Waals surface area contributed by atoms with E-state index in [-0.39, 0.29) is 11.9 Å². The second-order valence-corrected chi connectivity index (χ2v) is 6.48. The van der Waals surface area contributed by atoms with Crippen LogP contribution in [-0.2, 0) is 13.1 Å².